The number of benzene rings is 1. The summed E-state index contributed by atoms with van der Waals surface area (Å²) in [5.74, 6) is -1.95. The highest BCUT2D eigenvalue weighted by Gasteiger charge is 2.13. The fourth-order valence-corrected chi connectivity index (χ4v) is 2.47. The zero-order valence-electron chi connectivity index (χ0n) is 15.0. The number of aliphatic carboxylic acids is 1. The molecule has 0 unspecified atom stereocenters. The van der Waals surface area contributed by atoms with Crippen molar-refractivity contribution in [1.29, 1.82) is 0 Å². The third-order valence-corrected chi connectivity index (χ3v) is 3.66. The Kier molecular flexibility index (Phi) is 6.53. The topological polar surface area (TPSA) is 135 Å². The van der Waals surface area contributed by atoms with E-state index in [0.717, 1.165) is 11.1 Å². The van der Waals surface area contributed by atoms with Crippen LogP contribution in [0.3, 0.4) is 0 Å². The summed E-state index contributed by atoms with van der Waals surface area (Å²) in [6, 6.07) is 4.83. The van der Waals surface area contributed by atoms with Gasteiger partial charge in [-0.3, -0.25) is 14.4 Å². The molecule has 0 radical (unpaired) electrons. The van der Waals surface area contributed by atoms with Gasteiger partial charge in [-0.25, -0.2) is 4.79 Å². The lowest BCUT2D eigenvalue weighted by Crippen LogP contribution is -2.40. The molecular formula is C18H20N2O7. The lowest BCUT2D eigenvalue weighted by atomic mass is 10.1. The molecule has 0 spiro atoms. The lowest BCUT2D eigenvalue weighted by Gasteiger charge is -2.12. The molecule has 9 nitrogen and oxygen atoms in total. The number of hydrogen-bond acceptors (Lipinski definition) is 6. The van der Waals surface area contributed by atoms with Crippen LogP contribution in [0.15, 0.2) is 27.4 Å². The van der Waals surface area contributed by atoms with Crippen LogP contribution in [0, 0.1) is 6.92 Å². The predicted octanol–water partition coefficient (Wildman–Crippen LogP) is 0.360. The molecule has 0 aliphatic carbocycles. The first-order valence-corrected chi connectivity index (χ1v) is 8.25. The van der Waals surface area contributed by atoms with Gasteiger partial charge < -0.3 is 24.9 Å². The maximum Gasteiger partial charge on any atom is 0.336 e. The number of hydrogen-bond donors (Lipinski definition) is 3. The fourth-order valence-electron chi connectivity index (χ4n) is 2.47. The fraction of sp³-hybridized carbons (Fsp3) is 0.333. The second-order valence-electron chi connectivity index (χ2n) is 5.82. The summed E-state index contributed by atoms with van der Waals surface area (Å²) in [5, 5.41) is 13.6. The molecule has 0 bridgehead atoms. The molecule has 0 aliphatic heterocycles. The Hall–Kier alpha value is -3.36. The van der Waals surface area contributed by atoms with Crippen LogP contribution in [-0.2, 0) is 20.8 Å². The molecular weight excluding hydrogens is 356 g/mol. The molecule has 2 rings (SSSR count). The van der Waals surface area contributed by atoms with Crippen LogP contribution in [0.5, 0.6) is 5.75 Å². The average molecular weight is 376 g/mol. The summed E-state index contributed by atoms with van der Waals surface area (Å²) in [5.41, 5.74) is 1.45. The Balaban J connectivity index is 2.06. The third kappa shape index (κ3) is 5.56. The second kappa shape index (κ2) is 8.84. The van der Waals surface area contributed by atoms with Gasteiger partial charge in [-0.15, -0.1) is 0 Å². The van der Waals surface area contributed by atoms with Crippen LogP contribution in [0.1, 0.15) is 18.1 Å². The molecule has 144 valence electrons. The Labute approximate surface area is 154 Å². The maximum atomic E-state index is 11.9. The zero-order valence-corrected chi connectivity index (χ0v) is 15.0. The van der Waals surface area contributed by atoms with Crippen LogP contribution in [0.2, 0.25) is 0 Å². The van der Waals surface area contributed by atoms with Crippen LogP contribution in [-0.4, -0.2) is 42.6 Å². The van der Waals surface area contributed by atoms with E-state index in [-0.39, 0.29) is 13.2 Å². The number of carbonyl (C=O) groups excluding carboxylic acids is 2. The molecule has 0 saturated heterocycles. The minimum atomic E-state index is -1.18. The van der Waals surface area contributed by atoms with Gasteiger partial charge >= 0.3 is 11.6 Å². The van der Waals surface area contributed by atoms with Gasteiger partial charge in [0.25, 0.3) is 5.91 Å². The number of rotatable bonds is 8. The Bertz CT molecular complexity index is 933. The van der Waals surface area contributed by atoms with E-state index >= 15 is 0 Å². The van der Waals surface area contributed by atoms with E-state index in [2.05, 4.69) is 10.6 Å². The molecule has 1 aromatic carbocycles. The number of carboxylic acids is 1. The molecule has 2 amide bonds. The highest BCUT2D eigenvalue weighted by Crippen LogP contribution is 2.30. The van der Waals surface area contributed by atoms with Crippen LogP contribution in [0.25, 0.3) is 11.0 Å². The van der Waals surface area contributed by atoms with Crippen molar-refractivity contribution in [3.05, 3.63) is 39.7 Å². The summed E-state index contributed by atoms with van der Waals surface area (Å²) in [6.45, 7) is 2.45. The summed E-state index contributed by atoms with van der Waals surface area (Å²) in [7, 11) is 0. The number of carboxylic acid groups (broad SMARTS) is 1. The van der Waals surface area contributed by atoms with E-state index in [4.69, 9.17) is 14.3 Å². The quantitative estimate of drug-likeness (QED) is 0.566. The van der Waals surface area contributed by atoms with Crippen molar-refractivity contribution in [2.24, 2.45) is 0 Å². The number of aryl methyl sites for hydroxylation is 2. The molecule has 27 heavy (non-hydrogen) atoms. The molecule has 1 aromatic heterocycles. The SMILES string of the molecule is CCc1cc(=O)oc2cc(C)cc(OCC(=O)NCC(=O)NCC(=O)O)c12. The Morgan fingerprint density at radius 3 is 2.48 bits per heavy atom. The average Bonchev–Trinajstić information content (AvgIpc) is 2.61. The lowest BCUT2D eigenvalue weighted by molar-refractivity contribution is -0.137. The number of nitrogens with one attached hydrogen (secondary N) is 2. The van der Waals surface area contributed by atoms with Gasteiger partial charge in [0.15, 0.2) is 6.61 Å². The summed E-state index contributed by atoms with van der Waals surface area (Å²) in [4.78, 5) is 45.3. The van der Waals surface area contributed by atoms with E-state index in [0.29, 0.717) is 23.1 Å². The minimum Gasteiger partial charge on any atom is -0.483 e. The number of amides is 2. The van der Waals surface area contributed by atoms with Crippen molar-refractivity contribution in [3.63, 3.8) is 0 Å². The van der Waals surface area contributed by atoms with Gasteiger partial charge in [0.2, 0.25) is 5.91 Å². The smallest absolute Gasteiger partial charge is 0.336 e. The van der Waals surface area contributed by atoms with Gasteiger partial charge in [0, 0.05) is 6.07 Å². The van der Waals surface area contributed by atoms with Crippen LogP contribution in [0.4, 0.5) is 0 Å². The number of fused-ring (bicyclic) bond motifs is 1. The van der Waals surface area contributed by atoms with Crippen molar-refractivity contribution in [2.75, 3.05) is 19.7 Å². The summed E-state index contributed by atoms with van der Waals surface area (Å²) in [6.07, 6.45) is 0.581. The standard InChI is InChI=1S/C18H20N2O7/c1-3-11-6-17(25)27-13-5-10(2)4-12(18(11)13)26-9-15(22)19-7-14(21)20-8-16(23)24/h4-6H,3,7-9H2,1-2H3,(H,19,22)(H,20,21)(H,23,24). The largest absolute Gasteiger partial charge is 0.483 e. The predicted molar refractivity (Wildman–Crippen MR) is 95.7 cm³/mol. The number of carbonyl (C=O) groups is 3. The minimum absolute atomic E-state index is 0.354. The van der Waals surface area contributed by atoms with Crippen molar-refractivity contribution in [3.8, 4) is 5.75 Å². The summed E-state index contributed by atoms with van der Waals surface area (Å²) < 4.78 is 10.8. The van der Waals surface area contributed by atoms with E-state index in [1.807, 2.05) is 6.92 Å². The highest BCUT2D eigenvalue weighted by atomic mass is 16.5. The summed E-state index contributed by atoms with van der Waals surface area (Å²) >= 11 is 0. The molecule has 0 fully saturated rings. The molecule has 3 N–H and O–H groups in total. The normalized spacial score (nSPS) is 10.4. The second-order valence-corrected chi connectivity index (χ2v) is 5.82. The Morgan fingerprint density at radius 1 is 1.11 bits per heavy atom. The van der Waals surface area contributed by atoms with Crippen molar-refractivity contribution < 1.29 is 28.6 Å². The molecule has 9 heteroatoms. The molecule has 0 saturated carbocycles. The first-order chi connectivity index (χ1) is 12.8. The van der Waals surface area contributed by atoms with E-state index in [1.165, 1.54) is 6.07 Å². The Morgan fingerprint density at radius 2 is 1.81 bits per heavy atom. The first-order valence-electron chi connectivity index (χ1n) is 8.25. The monoisotopic (exact) mass is 376 g/mol. The van der Waals surface area contributed by atoms with E-state index < -0.39 is 30.0 Å². The van der Waals surface area contributed by atoms with Crippen molar-refractivity contribution in [1.82, 2.24) is 10.6 Å². The maximum absolute atomic E-state index is 11.9. The number of ether oxygens (including phenoxy) is 1. The van der Waals surface area contributed by atoms with Gasteiger partial charge in [0.05, 0.1) is 11.9 Å². The molecule has 0 atom stereocenters. The van der Waals surface area contributed by atoms with Crippen LogP contribution < -0.4 is 21.0 Å². The highest BCUT2D eigenvalue weighted by molar-refractivity contribution is 5.89. The van der Waals surface area contributed by atoms with Crippen LogP contribution >= 0.6 is 0 Å². The third-order valence-electron chi connectivity index (χ3n) is 3.66. The van der Waals surface area contributed by atoms with E-state index in [9.17, 15) is 19.2 Å². The van der Waals surface area contributed by atoms with Gasteiger partial charge in [-0.1, -0.05) is 6.92 Å². The van der Waals surface area contributed by atoms with Crippen molar-refractivity contribution in [2.45, 2.75) is 20.3 Å². The van der Waals surface area contributed by atoms with Gasteiger partial charge in [-0.2, -0.15) is 0 Å². The molecule has 1 heterocycles. The zero-order chi connectivity index (χ0) is 20.0. The molecule has 0 aliphatic rings. The first kappa shape index (κ1) is 20.0. The van der Waals surface area contributed by atoms with Gasteiger partial charge in [0.1, 0.15) is 17.9 Å². The molecule has 2 aromatic rings. The van der Waals surface area contributed by atoms with Crippen molar-refractivity contribution >= 4 is 28.8 Å². The van der Waals surface area contributed by atoms with Gasteiger partial charge in [-0.05, 0) is 36.6 Å². The van der Waals surface area contributed by atoms with E-state index in [1.54, 1.807) is 19.1 Å².